The SMILES string of the molecule is CC(C)(C)OC(=O)N1CCC=C1c1cc(F)ccc1F. The highest BCUT2D eigenvalue weighted by molar-refractivity contribution is 5.83. The third kappa shape index (κ3) is 3.15. The van der Waals surface area contributed by atoms with Gasteiger partial charge in [0, 0.05) is 12.1 Å². The van der Waals surface area contributed by atoms with Gasteiger partial charge in [0.1, 0.15) is 17.2 Å². The van der Waals surface area contributed by atoms with Gasteiger partial charge in [-0.2, -0.15) is 0 Å². The van der Waals surface area contributed by atoms with Gasteiger partial charge in [-0.25, -0.2) is 13.6 Å². The number of nitrogens with zero attached hydrogens (tertiary/aromatic N) is 1. The Hall–Kier alpha value is -1.91. The van der Waals surface area contributed by atoms with Crippen molar-refractivity contribution in [1.29, 1.82) is 0 Å². The molecule has 20 heavy (non-hydrogen) atoms. The van der Waals surface area contributed by atoms with Crippen LogP contribution < -0.4 is 0 Å². The average molecular weight is 281 g/mol. The number of amides is 1. The molecule has 0 radical (unpaired) electrons. The minimum atomic E-state index is -0.634. The first-order valence-electron chi connectivity index (χ1n) is 6.44. The van der Waals surface area contributed by atoms with E-state index >= 15 is 0 Å². The van der Waals surface area contributed by atoms with Gasteiger partial charge in [0.2, 0.25) is 0 Å². The molecule has 0 aromatic heterocycles. The van der Waals surface area contributed by atoms with E-state index in [9.17, 15) is 13.6 Å². The van der Waals surface area contributed by atoms with Crippen molar-refractivity contribution in [3.8, 4) is 0 Å². The summed E-state index contributed by atoms with van der Waals surface area (Å²) in [6, 6.07) is 3.19. The van der Waals surface area contributed by atoms with E-state index in [4.69, 9.17) is 4.74 Å². The molecule has 1 aromatic rings. The Morgan fingerprint density at radius 2 is 2.00 bits per heavy atom. The average Bonchev–Trinajstić information content (AvgIpc) is 2.79. The number of carbonyl (C=O) groups excluding carboxylic acids is 1. The van der Waals surface area contributed by atoms with Gasteiger partial charge in [0.05, 0.1) is 5.70 Å². The number of rotatable bonds is 1. The van der Waals surface area contributed by atoms with Crippen LogP contribution in [0.5, 0.6) is 0 Å². The summed E-state index contributed by atoms with van der Waals surface area (Å²) in [6.07, 6.45) is 1.75. The number of halogens is 2. The van der Waals surface area contributed by atoms with Crippen LogP contribution in [0.25, 0.3) is 5.70 Å². The molecule has 1 aromatic carbocycles. The minimum absolute atomic E-state index is 0.0772. The fraction of sp³-hybridized carbons (Fsp3) is 0.400. The second-order valence-corrected chi connectivity index (χ2v) is 5.63. The molecule has 0 atom stereocenters. The molecule has 0 unspecified atom stereocenters. The maximum Gasteiger partial charge on any atom is 0.414 e. The van der Waals surface area contributed by atoms with Crippen molar-refractivity contribution in [2.45, 2.75) is 32.8 Å². The van der Waals surface area contributed by atoms with Gasteiger partial charge < -0.3 is 4.74 Å². The molecule has 0 fully saturated rings. The van der Waals surface area contributed by atoms with Gasteiger partial charge in [0.25, 0.3) is 0 Å². The zero-order valence-corrected chi connectivity index (χ0v) is 11.7. The molecule has 1 amide bonds. The van der Waals surface area contributed by atoms with Crippen LogP contribution in [0.3, 0.4) is 0 Å². The smallest absolute Gasteiger partial charge is 0.414 e. The summed E-state index contributed by atoms with van der Waals surface area (Å²) in [6.45, 7) is 5.67. The quantitative estimate of drug-likeness (QED) is 0.780. The van der Waals surface area contributed by atoms with Crippen LogP contribution in [0.15, 0.2) is 24.3 Å². The Labute approximate surface area is 116 Å². The number of hydrogen-bond acceptors (Lipinski definition) is 2. The van der Waals surface area contributed by atoms with Crippen molar-refractivity contribution in [2.75, 3.05) is 6.54 Å². The van der Waals surface area contributed by atoms with Gasteiger partial charge >= 0.3 is 6.09 Å². The Bertz CT molecular complexity index is 561. The van der Waals surface area contributed by atoms with Gasteiger partial charge in [-0.15, -0.1) is 0 Å². The molecule has 0 spiro atoms. The number of benzene rings is 1. The van der Waals surface area contributed by atoms with Crippen molar-refractivity contribution in [3.05, 3.63) is 41.5 Å². The van der Waals surface area contributed by atoms with Crippen LogP contribution in [0.4, 0.5) is 13.6 Å². The van der Waals surface area contributed by atoms with Crippen molar-refractivity contribution < 1.29 is 18.3 Å². The fourth-order valence-electron chi connectivity index (χ4n) is 2.02. The van der Waals surface area contributed by atoms with Gasteiger partial charge in [-0.05, 0) is 45.4 Å². The Kier molecular flexibility index (Phi) is 3.79. The standard InChI is InChI=1S/C15H17F2NO2/c1-15(2,3)20-14(19)18-8-4-5-13(18)11-9-10(16)6-7-12(11)17/h5-7,9H,4,8H2,1-3H3. The molecule has 0 N–H and O–H groups in total. The van der Waals surface area contributed by atoms with Gasteiger partial charge in [-0.3, -0.25) is 4.90 Å². The summed E-state index contributed by atoms with van der Waals surface area (Å²) in [7, 11) is 0. The predicted molar refractivity (Wildman–Crippen MR) is 71.9 cm³/mol. The molecule has 0 bridgehead atoms. The molecule has 3 nitrogen and oxygen atoms in total. The third-order valence-corrected chi connectivity index (χ3v) is 2.80. The first-order valence-corrected chi connectivity index (χ1v) is 6.44. The molecule has 1 aliphatic rings. The fourth-order valence-corrected chi connectivity index (χ4v) is 2.02. The van der Waals surface area contributed by atoms with Gasteiger partial charge in [-0.1, -0.05) is 6.08 Å². The van der Waals surface area contributed by atoms with Crippen LogP contribution in [-0.2, 0) is 4.74 Å². The van der Waals surface area contributed by atoms with E-state index < -0.39 is 23.3 Å². The molecule has 2 rings (SSSR count). The summed E-state index contributed by atoms with van der Waals surface area (Å²) < 4.78 is 32.4. The lowest BCUT2D eigenvalue weighted by atomic mass is 10.1. The summed E-state index contributed by atoms with van der Waals surface area (Å²) >= 11 is 0. The number of carbonyl (C=O) groups is 1. The van der Waals surface area contributed by atoms with E-state index in [1.54, 1.807) is 26.8 Å². The van der Waals surface area contributed by atoms with Crippen molar-refractivity contribution in [2.24, 2.45) is 0 Å². The lowest BCUT2D eigenvalue weighted by Crippen LogP contribution is -2.34. The zero-order chi connectivity index (χ0) is 14.9. The zero-order valence-electron chi connectivity index (χ0n) is 11.7. The van der Waals surface area contributed by atoms with E-state index in [0.717, 1.165) is 18.2 Å². The third-order valence-electron chi connectivity index (χ3n) is 2.80. The number of ether oxygens (including phenoxy) is 1. The lowest BCUT2D eigenvalue weighted by molar-refractivity contribution is 0.0365. The first-order chi connectivity index (χ1) is 9.28. The van der Waals surface area contributed by atoms with E-state index in [-0.39, 0.29) is 5.56 Å². The highest BCUT2D eigenvalue weighted by Crippen LogP contribution is 2.29. The Morgan fingerprint density at radius 3 is 2.65 bits per heavy atom. The number of hydrogen-bond donors (Lipinski definition) is 0. The van der Waals surface area contributed by atoms with Crippen LogP contribution in [0.1, 0.15) is 32.8 Å². The summed E-state index contributed by atoms with van der Waals surface area (Å²) in [5.41, 5.74) is -0.199. The molecule has 0 saturated carbocycles. The van der Waals surface area contributed by atoms with Crippen LogP contribution in [0.2, 0.25) is 0 Å². The molecule has 1 heterocycles. The molecular weight excluding hydrogens is 264 g/mol. The Balaban J connectivity index is 2.27. The van der Waals surface area contributed by atoms with Crippen LogP contribution in [0, 0.1) is 11.6 Å². The van der Waals surface area contributed by atoms with Crippen molar-refractivity contribution >= 4 is 11.8 Å². The van der Waals surface area contributed by atoms with Crippen LogP contribution in [-0.4, -0.2) is 23.1 Å². The summed E-state index contributed by atoms with van der Waals surface area (Å²) in [5.74, 6) is -1.11. The molecular formula is C15H17F2NO2. The Morgan fingerprint density at radius 1 is 1.30 bits per heavy atom. The van der Waals surface area contributed by atoms with E-state index in [0.29, 0.717) is 18.7 Å². The summed E-state index contributed by atoms with van der Waals surface area (Å²) in [4.78, 5) is 13.4. The second-order valence-electron chi connectivity index (χ2n) is 5.63. The predicted octanol–water partition coefficient (Wildman–Crippen LogP) is 3.95. The topological polar surface area (TPSA) is 29.5 Å². The molecule has 5 heteroatoms. The monoisotopic (exact) mass is 281 g/mol. The van der Waals surface area contributed by atoms with Crippen molar-refractivity contribution in [3.63, 3.8) is 0 Å². The van der Waals surface area contributed by atoms with E-state index in [1.165, 1.54) is 4.90 Å². The first kappa shape index (κ1) is 14.5. The normalized spacial score (nSPS) is 15.2. The maximum absolute atomic E-state index is 13.8. The molecule has 0 aliphatic carbocycles. The van der Waals surface area contributed by atoms with Gasteiger partial charge in [0.15, 0.2) is 0 Å². The van der Waals surface area contributed by atoms with Crippen LogP contribution >= 0.6 is 0 Å². The highest BCUT2D eigenvalue weighted by Gasteiger charge is 2.29. The van der Waals surface area contributed by atoms with Crippen molar-refractivity contribution in [1.82, 2.24) is 4.90 Å². The minimum Gasteiger partial charge on any atom is -0.443 e. The lowest BCUT2D eigenvalue weighted by Gasteiger charge is -2.26. The largest absolute Gasteiger partial charge is 0.443 e. The van der Waals surface area contributed by atoms with E-state index in [1.807, 2.05) is 0 Å². The highest BCUT2D eigenvalue weighted by atomic mass is 19.1. The maximum atomic E-state index is 13.8. The summed E-state index contributed by atoms with van der Waals surface area (Å²) in [5, 5.41) is 0. The molecule has 0 saturated heterocycles. The second kappa shape index (κ2) is 5.23. The molecule has 1 aliphatic heterocycles. The van der Waals surface area contributed by atoms with E-state index in [2.05, 4.69) is 0 Å². The molecule has 108 valence electrons.